The lowest BCUT2D eigenvalue weighted by Crippen LogP contribution is -2.15. The zero-order chi connectivity index (χ0) is 17.1. The normalized spacial score (nSPS) is 12.3. The van der Waals surface area contributed by atoms with Gasteiger partial charge in [-0.25, -0.2) is 0 Å². The van der Waals surface area contributed by atoms with Crippen molar-refractivity contribution in [3.8, 4) is 11.5 Å². The van der Waals surface area contributed by atoms with Gasteiger partial charge in [-0.1, -0.05) is 11.6 Å². The molecule has 0 aliphatic rings. The van der Waals surface area contributed by atoms with Crippen molar-refractivity contribution in [3.05, 3.63) is 58.7 Å². The van der Waals surface area contributed by atoms with Crippen LogP contribution in [0.5, 0.6) is 11.5 Å². The topological polar surface area (TPSA) is 60.3 Å². The number of hydrogen-bond acceptors (Lipinski definition) is 3. The van der Waals surface area contributed by atoms with Crippen molar-refractivity contribution in [1.29, 1.82) is 0 Å². The zero-order valence-electron chi connectivity index (χ0n) is 13.8. The number of aromatic amines is 1. The molecule has 126 valence electrons. The molecule has 1 unspecified atom stereocenters. The van der Waals surface area contributed by atoms with Crippen molar-refractivity contribution < 1.29 is 9.47 Å². The number of ether oxygens (including phenoxy) is 2. The van der Waals surface area contributed by atoms with Gasteiger partial charge in [-0.3, -0.25) is 0 Å². The van der Waals surface area contributed by atoms with E-state index >= 15 is 0 Å². The summed E-state index contributed by atoms with van der Waals surface area (Å²) in [6.07, 6.45) is 2.78. The first-order valence-corrected chi connectivity index (χ1v) is 8.21. The SMILES string of the molecule is COc1ccc(OC)c(CC(CN)c2c[nH]c3ccc(Cl)cc23)c1. The second-order valence-electron chi connectivity index (χ2n) is 5.75. The summed E-state index contributed by atoms with van der Waals surface area (Å²) in [5.74, 6) is 1.80. The Balaban J connectivity index is 1.98. The molecule has 1 atom stereocenters. The van der Waals surface area contributed by atoms with Crippen molar-refractivity contribution in [2.45, 2.75) is 12.3 Å². The molecule has 2 aromatic carbocycles. The fourth-order valence-corrected chi connectivity index (χ4v) is 3.25. The van der Waals surface area contributed by atoms with Gasteiger partial charge in [-0.05, 0) is 60.5 Å². The highest BCUT2D eigenvalue weighted by Crippen LogP contribution is 2.33. The minimum Gasteiger partial charge on any atom is -0.497 e. The fraction of sp³-hybridized carbons (Fsp3) is 0.263. The summed E-state index contributed by atoms with van der Waals surface area (Å²) in [6.45, 7) is 0.528. The molecule has 0 saturated heterocycles. The third-order valence-corrected chi connectivity index (χ3v) is 4.59. The molecule has 0 spiro atoms. The molecular weight excluding hydrogens is 324 g/mol. The van der Waals surface area contributed by atoms with Crippen LogP contribution in [-0.2, 0) is 6.42 Å². The van der Waals surface area contributed by atoms with E-state index in [2.05, 4.69) is 4.98 Å². The van der Waals surface area contributed by atoms with Gasteiger partial charge in [0.15, 0.2) is 0 Å². The molecule has 0 fully saturated rings. The first kappa shape index (κ1) is 16.7. The van der Waals surface area contributed by atoms with Gasteiger partial charge in [0.1, 0.15) is 11.5 Å². The van der Waals surface area contributed by atoms with Crippen LogP contribution in [0.15, 0.2) is 42.6 Å². The molecule has 0 aliphatic carbocycles. The lowest BCUT2D eigenvalue weighted by atomic mass is 9.91. The number of fused-ring (bicyclic) bond motifs is 1. The van der Waals surface area contributed by atoms with Gasteiger partial charge in [0.2, 0.25) is 0 Å². The lowest BCUT2D eigenvalue weighted by molar-refractivity contribution is 0.397. The summed E-state index contributed by atoms with van der Waals surface area (Å²) in [5, 5.41) is 1.83. The van der Waals surface area contributed by atoms with Gasteiger partial charge in [-0.15, -0.1) is 0 Å². The molecule has 3 rings (SSSR count). The average Bonchev–Trinajstić information content (AvgIpc) is 3.02. The third kappa shape index (κ3) is 3.21. The van der Waals surface area contributed by atoms with Crippen molar-refractivity contribution >= 4 is 22.5 Å². The fourth-order valence-electron chi connectivity index (χ4n) is 3.08. The van der Waals surface area contributed by atoms with E-state index in [0.717, 1.165) is 39.4 Å². The van der Waals surface area contributed by atoms with E-state index in [1.807, 2.05) is 42.6 Å². The first-order valence-electron chi connectivity index (χ1n) is 7.83. The lowest BCUT2D eigenvalue weighted by Gasteiger charge is -2.17. The highest BCUT2D eigenvalue weighted by molar-refractivity contribution is 6.31. The minimum atomic E-state index is 0.151. The van der Waals surface area contributed by atoms with Crippen LogP contribution >= 0.6 is 11.6 Å². The van der Waals surface area contributed by atoms with Crippen LogP contribution in [0.1, 0.15) is 17.0 Å². The molecule has 3 N–H and O–H groups in total. The predicted molar refractivity (Wildman–Crippen MR) is 98.4 cm³/mol. The summed E-state index contributed by atoms with van der Waals surface area (Å²) in [6, 6.07) is 11.7. The van der Waals surface area contributed by atoms with Gasteiger partial charge in [0.05, 0.1) is 14.2 Å². The highest BCUT2D eigenvalue weighted by Gasteiger charge is 2.18. The Hall–Kier alpha value is -2.17. The number of nitrogens with two attached hydrogens (primary N) is 1. The van der Waals surface area contributed by atoms with Crippen LogP contribution < -0.4 is 15.2 Å². The van der Waals surface area contributed by atoms with E-state index in [4.69, 9.17) is 26.8 Å². The predicted octanol–water partition coefficient (Wildman–Crippen LogP) is 4.12. The summed E-state index contributed by atoms with van der Waals surface area (Å²) in [5.41, 5.74) is 9.38. The summed E-state index contributed by atoms with van der Waals surface area (Å²) < 4.78 is 10.8. The van der Waals surface area contributed by atoms with E-state index in [1.165, 1.54) is 5.56 Å². The number of H-pyrrole nitrogens is 1. The number of rotatable bonds is 6. The average molecular weight is 345 g/mol. The van der Waals surface area contributed by atoms with Crippen LogP contribution in [0.4, 0.5) is 0 Å². The quantitative estimate of drug-likeness (QED) is 0.707. The molecule has 1 heterocycles. The Labute approximate surface area is 146 Å². The number of methoxy groups -OCH3 is 2. The van der Waals surface area contributed by atoms with E-state index in [1.54, 1.807) is 14.2 Å². The summed E-state index contributed by atoms with van der Waals surface area (Å²) in [7, 11) is 3.34. The molecule has 5 heteroatoms. The van der Waals surface area contributed by atoms with Crippen LogP contribution in [0, 0.1) is 0 Å². The molecular formula is C19H21ClN2O2. The van der Waals surface area contributed by atoms with Crippen molar-refractivity contribution in [2.24, 2.45) is 5.73 Å². The first-order chi connectivity index (χ1) is 11.7. The smallest absolute Gasteiger partial charge is 0.122 e. The summed E-state index contributed by atoms with van der Waals surface area (Å²) in [4.78, 5) is 3.30. The Morgan fingerprint density at radius 1 is 1.12 bits per heavy atom. The van der Waals surface area contributed by atoms with Crippen molar-refractivity contribution in [3.63, 3.8) is 0 Å². The zero-order valence-corrected chi connectivity index (χ0v) is 14.6. The van der Waals surface area contributed by atoms with Gasteiger partial charge in [-0.2, -0.15) is 0 Å². The number of halogens is 1. The van der Waals surface area contributed by atoms with E-state index < -0.39 is 0 Å². The van der Waals surface area contributed by atoms with E-state index in [0.29, 0.717) is 6.54 Å². The molecule has 0 radical (unpaired) electrons. The van der Waals surface area contributed by atoms with Crippen LogP contribution in [0.25, 0.3) is 10.9 Å². The number of nitrogens with one attached hydrogen (secondary N) is 1. The second kappa shape index (κ2) is 7.16. The maximum Gasteiger partial charge on any atom is 0.122 e. The third-order valence-electron chi connectivity index (χ3n) is 4.35. The molecule has 4 nitrogen and oxygen atoms in total. The second-order valence-corrected chi connectivity index (χ2v) is 6.18. The molecule has 3 aromatic rings. The van der Waals surface area contributed by atoms with Gasteiger partial charge in [0, 0.05) is 28.0 Å². The monoisotopic (exact) mass is 344 g/mol. The Bertz CT molecular complexity index is 844. The molecule has 0 amide bonds. The summed E-state index contributed by atoms with van der Waals surface area (Å²) >= 11 is 6.16. The Morgan fingerprint density at radius 3 is 2.67 bits per heavy atom. The molecule has 0 aliphatic heterocycles. The largest absolute Gasteiger partial charge is 0.497 e. The van der Waals surface area contributed by atoms with Gasteiger partial charge < -0.3 is 20.2 Å². The number of hydrogen-bond donors (Lipinski definition) is 2. The van der Waals surface area contributed by atoms with E-state index in [-0.39, 0.29) is 5.92 Å². The number of benzene rings is 2. The Morgan fingerprint density at radius 2 is 1.96 bits per heavy atom. The molecule has 24 heavy (non-hydrogen) atoms. The van der Waals surface area contributed by atoms with Crippen molar-refractivity contribution in [2.75, 3.05) is 20.8 Å². The van der Waals surface area contributed by atoms with Crippen LogP contribution in [0.2, 0.25) is 5.02 Å². The molecule has 1 aromatic heterocycles. The molecule has 0 saturated carbocycles. The van der Waals surface area contributed by atoms with E-state index in [9.17, 15) is 0 Å². The Kier molecular flexibility index (Phi) is 4.97. The van der Waals surface area contributed by atoms with Crippen LogP contribution in [0.3, 0.4) is 0 Å². The van der Waals surface area contributed by atoms with Crippen molar-refractivity contribution in [1.82, 2.24) is 4.98 Å². The van der Waals surface area contributed by atoms with Gasteiger partial charge in [0.25, 0.3) is 0 Å². The maximum absolute atomic E-state index is 6.16. The maximum atomic E-state index is 6.16. The molecule has 0 bridgehead atoms. The highest BCUT2D eigenvalue weighted by atomic mass is 35.5. The number of aromatic nitrogens is 1. The minimum absolute atomic E-state index is 0.151. The standard InChI is InChI=1S/C19H21ClN2O2/c1-23-15-4-6-19(24-2)12(8-15)7-13(10-21)17-11-22-18-5-3-14(20)9-16(17)18/h3-6,8-9,11,13,22H,7,10,21H2,1-2H3. The van der Waals surface area contributed by atoms with Gasteiger partial charge >= 0.3 is 0 Å². The van der Waals surface area contributed by atoms with Crippen LogP contribution in [-0.4, -0.2) is 25.7 Å².